The third kappa shape index (κ3) is 4.34. The second-order valence-electron chi connectivity index (χ2n) is 13.6. The van der Waals surface area contributed by atoms with E-state index in [9.17, 15) is 0 Å². The third-order valence-corrected chi connectivity index (χ3v) is 10.7. The molecule has 3 heterocycles. The van der Waals surface area contributed by atoms with E-state index in [2.05, 4.69) is 179 Å². The number of para-hydroxylation sites is 4. The highest BCUT2D eigenvalue weighted by molar-refractivity contribution is 6.13. The van der Waals surface area contributed by atoms with E-state index in [1.807, 2.05) is 6.07 Å². The molecule has 0 N–H and O–H groups in total. The van der Waals surface area contributed by atoms with Crippen LogP contribution in [-0.4, -0.2) is 4.57 Å². The third-order valence-electron chi connectivity index (χ3n) is 10.7. The highest BCUT2D eigenvalue weighted by atomic mass is 16.3. The molecule has 0 spiro atoms. The quantitative estimate of drug-likeness (QED) is 0.183. The van der Waals surface area contributed by atoms with Crippen LogP contribution in [0.25, 0.3) is 77.6 Å². The predicted molar refractivity (Wildman–Crippen MR) is 215 cm³/mol. The van der Waals surface area contributed by atoms with E-state index < -0.39 is 0 Å². The Bertz CT molecular complexity index is 3000. The van der Waals surface area contributed by atoms with Crippen LogP contribution in [0.3, 0.4) is 0 Å². The van der Waals surface area contributed by atoms with Gasteiger partial charge in [0.2, 0.25) is 0 Å². The van der Waals surface area contributed by atoms with Gasteiger partial charge in [-0.15, -0.1) is 0 Å². The molecule has 4 heteroatoms. The van der Waals surface area contributed by atoms with Gasteiger partial charge >= 0.3 is 0 Å². The van der Waals surface area contributed by atoms with E-state index in [1.165, 1.54) is 32.9 Å². The minimum absolute atomic E-state index is 0.00973. The summed E-state index contributed by atoms with van der Waals surface area (Å²) in [5.74, 6) is 0.912. The van der Waals surface area contributed by atoms with Crippen molar-refractivity contribution in [1.29, 1.82) is 0 Å². The molecule has 10 aromatic rings. The number of hydrogen-bond acceptors (Lipinski definition) is 3. The predicted octanol–water partition coefficient (Wildman–Crippen LogP) is 13.4. The number of anilines is 2. The lowest BCUT2D eigenvalue weighted by atomic mass is 9.91. The SMILES string of the molecule is C1=Cc2oc3ccc(-c4ccc5c(c4)c4ccccc4n5-c4ccccc4)cc3c2C(N(c2ccccc2)c2cccc3oc4ccccc4c23)C1. The highest BCUT2D eigenvalue weighted by Crippen LogP contribution is 2.48. The van der Waals surface area contributed by atoms with Gasteiger partial charge in [-0.1, -0.05) is 97.1 Å². The summed E-state index contributed by atoms with van der Waals surface area (Å²) >= 11 is 0. The standard InChI is InChI=1S/C48H32N2O2/c1-3-13-33(14-4-1)49-39-19-9-7-17-35(39)37-29-31(25-27-40(37)49)32-26-28-44-38(30-32)48-42(21-12-24-46(48)52-44)50(34-15-5-2-6-16-34)41-20-11-23-45-47(41)36-18-8-10-22-43(36)51-45/h1-20,22-30,42H,21H2. The Morgan fingerprint density at radius 2 is 1.19 bits per heavy atom. The number of rotatable bonds is 5. The number of aromatic nitrogens is 1. The van der Waals surface area contributed by atoms with Crippen molar-refractivity contribution >= 4 is 72.2 Å². The molecule has 0 radical (unpaired) electrons. The average molecular weight is 669 g/mol. The second-order valence-corrected chi connectivity index (χ2v) is 13.6. The molecule has 0 bridgehead atoms. The Kier molecular flexibility index (Phi) is 6.34. The second kappa shape index (κ2) is 11.4. The molecular formula is C48H32N2O2. The van der Waals surface area contributed by atoms with Crippen LogP contribution in [-0.2, 0) is 0 Å². The molecule has 0 fully saturated rings. The molecule has 3 aromatic heterocycles. The van der Waals surface area contributed by atoms with Crippen LogP contribution in [0.5, 0.6) is 0 Å². The van der Waals surface area contributed by atoms with Gasteiger partial charge in [-0.05, 0) is 96.4 Å². The molecule has 246 valence electrons. The summed E-state index contributed by atoms with van der Waals surface area (Å²) in [5.41, 5.74) is 12.0. The Labute approximate surface area is 300 Å². The molecule has 0 saturated carbocycles. The molecule has 7 aromatic carbocycles. The van der Waals surface area contributed by atoms with Gasteiger partial charge in [-0.25, -0.2) is 0 Å². The first kappa shape index (κ1) is 29.0. The zero-order valence-corrected chi connectivity index (χ0v) is 28.2. The fraction of sp³-hybridized carbons (Fsp3) is 0.0417. The van der Waals surface area contributed by atoms with Crippen molar-refractivity contribution in [3.05, 3.63) is 181 Å². The number of nitrogens with zero attached hydrogens (tertiary/aromatic N) is 2. The maximum Gasteiger partial charge on any atom is 0.137 e. The van der Waals surface area contributed by atoms with E-state index in [-0.39, 0.29) is 6.04 Å². The van der Waals surface area contributed by atoms with Gasteiger partial charge in [-0.3, -0.25) is 0 Å². The Balaban J connectivity index is 1.10. The molecule has 52 heavy (non-hydrogen) atoms. The first-order valence-corrected chi connectivity index (χ1v) is 17.9. The van der Waals surface area contributed by atoms with E-state index >= 15 is 0 Å². The summed E-state index contributed by atoms with van der Waals surface area (Å²) in [6.45, 7) is 0. The Morgan fingerprint density at radius 3 is 2.06 bits per heavy atom. The van der Waals surface area contributed by atoms with Gasteiger partial charge in [-0.2, -0.15) is 0 Å². The number of hydrogen-bond donors (Lipinski definition) is 0. The fourth-order valence-corrected chi connectivity index (χ4v) is 8.48. The summed E-state index contributed by atoms with van der Waals surface area (Å²) in [5, 5.41) is 5.86. The van der Waals surface area contributed by atoms with Crippen molar-refractivity contribution in [2.45, 2.75) is 12.5 Å². The van der Waals surface area contributed by atoms with Crippen molar-refractivity contribution in [3.8, 4) is 16.8 Å². The van der Waals surface area contributed by atoms with Crippen LogP contribution in [0.1, 0.15) is 23.8 Å². The fourth-order valence-electron chi connectivity index (χ4n) is 8.48. The van der Waals surface area contributed by atoms with Crippen LogP contribution in [0.15, 0.2) is 179 Å². The summed E-state index contributed by atoms with van der Waals surface area (Å²) in [7, 11) is 0. The van der Waals surface area contributed by atoms with Gasteiger partial charge in [0.1, 0.15) is 22.5 Å². The van der Waals surface area contributed by atoms with Gasteiger partial charge in [0.25, 0.3) is 0 Å². The van der Waals surface area contributed by atoms with Crippen LogP contribution < -0.4 is 4.90 Å². The molecule has 0 saturated heterocycles. The number of benzene rings is 7. The van der Waals surface area contributed by atoms with E-state index in [0.29, 0.717) is 0 Å². The maximum atomic E-state index is 6.62. The Morgan fingerprint density at radius 1 is 0.519 bits per heavy atom. The smallest absolute Gasteiger partial charge is 0.137 e. The molecule has 0 aliphatic heterocycles. The molecule has 1 aliphatic carbocycles. The lowest BCUT2D eigenvalue weighted by molar-refractivity contribution is 0.580. The first-order valence-electron chi connectivity index (χ1n) is 17.9. The van der Waals surface area contributed by atoms with Gasteiger partial charge < -0.3 is 18.3 Å². The summed E-state index contributed by atoms with van der Waals surface area (Å²) in [6, 6.07) is 58.3. The molecule has 4 nitrogen and oxygen atoms in total. The lowest BCUT2D eigenvalue weighted by Gasteiger charge is -2.35. The summed E-state index contributed by atoms with van der Waals surface area (Å²) in [6.07, 6.45) is 5.22. The first-order chi connectivity index (χ1) is 25.8. The maximum absolute atomic E-state index is 6.62. The van der Waals surface area contributed by atoms with Crippen molar-refractivity contribution in [2.75, 3.05) is 4.90 Å². The van der Waals surface area contributed by atoms with Gasteiger partial charge in [0.05, 0.1) is 28.1 Å². The van der Waals surface area contributed by atoms with E-state index in [4.69, 9.17) is 8.83 Å². The van der Waals surface area contributed by atoms with Crippen molar-refractivity contribution < 1.29 is 8.83 Å². The van der Waals surface area contributed by atoms with Crippen molar-refractivity contribution in [3.63, 3.8) is 0 Å². The minimum atomic E-state index is -0.00973. The minimum Gasteiger partial charge on any atom is -0.456 e. The van der Waals surface area contributed by atoms with Crippen molar-refractivity contribution in [2.24, 2.45) is 0 Å². The van der Waals surface area contributed by atoms with Crippen LogP contribution >= 0.6 is 0 Å². The largest absolute Gasteiger partial charge is 0.456 e. The zero-order valence-electron chi connectivity index (χ0n) is 28.2. The number of furan rings is 2. The molecule has 1 aliphatic rings. The molecule has 1 atom stereocenters. The van der Waals surface area contributed by atoms with Crippen LogP contribution in [0.4, 0.5) is 11.4 Å². The normalized spacial score (nSPS) is 14.2. The van der Waals surface area contributed by atoms with E-state index in [0.717, 1.165) is 67.7 Å². The number of fused-ring (bicyclic) bond motifs is 9. The highest BCUT2D eigenvalue weighted by Gasteiger charge is 2.32. The topological polar surface area (TPSA) is 34.5 Å². The lowest BCUT2D eigenvalue weighted by Crippen LogP contribution is -2.25. The van der Waals surface area contributed by atoms with Crippen molar-refractivity contribution in [1.82, 2.24) is 4.57 Å². The Hall–Kier alpha value is -6.78. The molecular weight excluding hydrogens is 637 g/mol. The monoisotopic (exact) mass is 668 g/mol. The summed E-state index contributed by atoms with van der Waals surface area (Å²) in [4.78, 5) is 2.48. The molecule has 0 amide bonds. The molecule has 11 rings (SSSR count). The van der Waals surface area contributed by atoms with Gasteiger partial charge in [0.15, 0.2) is 0 Å². The molecule has 1 unspecified atom stereocenters. The zero-order chi connectivity index (χ0) is 34.2. The van der Waals surface area contributed by atoms with Gasteiger partial charge in [0, 0.05) is 38.5 Å². The summed E-state index contributed by atoms with van der Waals surface area (Å²) < 4.78 is 15.4. The van der Waals surface area contributed by atoms with E-state index in [1.54, 1.807) is 0 Å². The average Bonchev–Trinajstić information content (AvgIpc) is 3.88. The van der Waals surface area contributed by atoms with Crippen LogP contribution in [0, 0.1) is 0 Å². The van der Waals surface area contributed by atoms with Crippen LogP contribution in [0.2, 0.25) is 0 Å².